The second-order valence-corrected chi connectivity index (χ2v) is 5.54. The van der Waals surface area contributed by atoms with E-state index >= 15 is 0 Å². The molecule has 1 aromatic heterocycles. The van der Waals surface area contributed by atoms with Gasteiger partial charge < -0.3 is 15.0 Å². The maximum absolute atomic E-state index is 12.3. The lowest BCUT2D eigenvalue weighted by Gasteiger charge is -2.11. The van der Waals surface area contributed by atoms with Crippen molar-refractivity contribution in [3.05, 3.63) is 51.2 Å². The number of anilines is 1. The summed E-state index contributed by atoms with van der Waals surface area (Å²) in [7, 11) is 0. The van der Waals surface area contributed by atoms with Crippen molar-refractivity contribution in [3.63, 3.8) is 0 Å². The normalized spacial score (nSPS) is 10.4. The van der Waals surface area contributed by atoms with E-state index in [1.807, 2.05) is 6.92 Å². The number of nitrogens with zero attached hydrogens (tertiary/aromatic N) is 1. The van der Waals surface area contributed by atoms with Crippen LogP contribution in [0.3, 0.4) is 0 Å². The van der Waals surface area contributed by atoms with E-state index in [0.717, 1.165) is 0 Å². The van der Waals surface area contributed by atoms with Gasteiger partial charge in [-0.15, -0.1) is 0 Å². The zero-order valence-electron chi connectivity index (χ0n) is 11.1. The molecule has 0 aliphatic rings. The average molecular weight is 372 g/mol. The SMILES string of the molecule is CCn1cc(Cl)cc1C(=O)Nc1c(Br)cccc1C(=O)O. The van der Waals surface area contributed by atoms with Crippen LogP contribution in [0.5, 0.6) is 0 Å². The molecular formula is C14H12BrClN2O3. The van der Waals surface area contributed by atoms with Crippen LogP contribution in [0.4, 0.5) is 5.69 Å². The summed E-state index contributed by atoms with van der Waals surface area (Å²) >= 11 is 9.15. The number of amides is 1. The standard InChI is InChI=1S/C14H12BrClN2O3/c1-2-18-7-8(16)6-11(18)13(19)17-12-9(14(20)21)4-3-5-10(12)15/h3-7H,2H2,1H3,(H,17,19)(H,20,21). The molecule has 0 atom stereocenters. The first kappa shape index (κ1) is 15.6. The molecule has 1 aromatic carbocycles. The highest BCUT2D eigenvalue weighted by Crippen LogP contribution is 2.27. The molecule has 0 unspecified atom stereocenters. The van der Waals surface area contributed by atoms with E-state index in [0.29, 0.717) is 21.7 Å². The van der Waals surface area contributed by atoms with Gasteiger partial charge in [-0.25, -0.2) is 4.79 Å². The number of aromatic carboxylic acids is 1. The number of hydrogen-bond acceptors (Lipinski definition) is 2. The van der Waals surface area contributed by atoms with Crippen LogP contribution >= 0.6 is 27.5 Å². The highest BCUT2D eigenvalue weighted by molar-refractivity contribution is 9.10. The Hall–Kier alpha value is -1.79. The van der Waals surface area contributed by atoms with Crippen molar-refractivity contribution >= 4 is 45.1 Å². The first-order chi connectivity index (χ1) is 9.93. The molecule has 5 nitrogen and oxygen atoms in total. The highest BCUT2D eigenvalue weighted by Gasteiger charge is 2.18. The fourth-order valence-corrected chi connectivity index (χ4v) is 2.62. The van der Waals surface area contributed by atoms with Crippen molar-refractivity contribution in [1.82, 2.24) is 4.57 Å². The summed E-state index contributed by atoms with van der Waals surface area (Å²) in [4.78, 5) is 23.6. The van der Waals surface area contributed by atoms with Crippen LogP contribution in [0.2, 0.25) is 5.02 Å². The number of carbonyl (C=O) groups is 2. The molecule has 2 N–H and O–H groups in total. The molecule has 2 rings (SSSR count). The van der Waals surface area contributed by atoms with Gasteiger partial charge in [0.15, 0.2) is 0 Å². The summed E-state index contributed by atoms with van der Waals surface area (Å²) in [6, 6.07) is 6.22. The van der Waals surface area contributed by atoms with Gasteiger partial charge in [0.2, 0.25) is 0 Å². The van der Waals surface area contributed by atoms with E-state index < -0.39 is 11.9 Å². The minimum Gasteiger partial charge on any atom is -0.478 e. The maximum Gasteiger partial charge on any atom is 0.337 e. The Labute approximate surface area is 134 Å². The van der Waals surface area contributed by atoms with Gasteiger partial charge in [0.05, 0.1) is 16.3 Å². The third-order valence-corrected chi connectivity index (χ3v) is 3.79. The quantitative estimate of drug-likeness (QED) is 0.857. The number of benzene rings is 1. The third kappa shape index (κ3) is 3.28. The van der Waals surface area contributed by atoms with Crippen molar-refractivity contribution in [2.75, 3.05) is 5.32 Å². The fraction of sp³-hybridized carbons (Fsp3) is 0.143. The molecule has 0 bridgehead atoms. The number of rotatable bonds is 4. The summed E-state index contributed by atoms with van der Waals surface area (Å²) in [5.74, 6) is -1.53. The van der Waals surface area contributed by atoms with E-state index in [-0.39, 0.29) is 11.3 Å². The monoisotopic (exact) mass is 370 g/mol. The molecular weight excluding hydrogens is 360 g/mol. The molecule has 7 heteroatoms. The number of aromatic nitrogens is 1. The predicted molar refractivity (Wildman–Crippen MR) is 84.2 cm³/mol. The average Bonchev–Trinajstić information content (AvgIpc) is 2.82. The molecule has 0 aliphatic heterocycles. The maximum atomic E-state index is 12.3. The summed E-state index contributed by atoms with van der Waals surface area (Å²) < 4.78 is 2.19. The molecule has 1 amide bonds. The molecule has 0 radical (unpaired) electrons. The minimum atomic E-state index is -1.12. The summed E-state index contributed by atoms with van der Waals surface area (Å²) in [6.07, 6.45) is 1.65. The zero-order valence-corrected chi connectivity index (χ0v) is 13.4. The third-order valence-electron chi connectivity index (χ3n) is 2.92. The van der Waals surface area contributed by atoms with E-state index in [9.17, 15) is 14.7 Å². The van der Waals surface area contributed by atoms with E-state index in [4.69, 9.17) is 11.6 Å². The number of halogens is 2. The molecule has 0 saturated carbocycles. The van der Waals surface area contributed by atoms with Crippen molar-refractivity contribution < 1.29 is 14.7 Å². The largest absolute Gasteiger partial charge is 0.478 e. The second kappa shape index (κ2) is 6.32. The van der Waals surface area contributed by atoms with Gasteiger partial charge in [-0.1, -0.05) is 17.7 Å². The number of carboxylic acid groups (broad SMARTS) is 1. The molecule has 0 aliphatic carbocycles. The van der Waals surface area contributed by atoms with E-state index in [1.165, 1.54) is 12.1 Å². The van der Waals surface area contributed by atoms with Crippen molar-refractivity contribution in [2.24, 2.45) is 0 Å². The number of nitrogens with one attached hydrogen (secondary N) is 1. The van der Waals surface area contributed by atoms with Gasteiger partial charge >= 0.3 is 5.97 Å². The number of aryl methyl sites for hydroxylation is 1. The van der Waals surface area contributed by atoms with Crippen molar-refractivity contribution in [1.29, 1.82) is 0 Å². The molecule has 2 aromatic rings. The Balaban J connectivity index is 2.38. The van der Waals surface area contributed by atoms with Crippen LogP contribution < -0.4 is 5.32 Å². The number of carbonyl (C=O) groups excluding carboxylic acids is 1. The molecule has 0 spiro atoms. The van der Waals surface area contributed by atoms with Crippen molar-refractivity contribution in [2.45, 2.75) is 13.5 Å². The first-order valence-electron chi connectivity index (χ1n) is 6.13. The lowest BCUT2D eigenvalue weighted by atomic mass is 10.1. The molecule has 0 saturated heterocycles. The molecule has 0 fully saturated rings. The van der Waals surface area contributed by atoms with Gasteiger partial charge in [-0.2, -0.15) is 0 Å². The Bertz CT molecular complexity index is 712. The van der Waals surface area contributed by atoms with Crippen LogP contribution in [0.15, 0.2) is 34.9 Å². The molecule has 21 heavy (non-hydrogen) atoms. The van der Waals surface area contributed by atoms with Crippen LogP contribution in [-0.4, -0.2) is 21.6 Å². The van der Waals surface area contributed by atoms with Crippen molar-refractivity contribution in [3.8, 4) is 0 Å². The van der Waals surface area contributed by atoms with Gasteiger partial charge in [-0.05, 0) is 41.1 Å². The second-order valence-electron chi connectivity index (χ2n) is 4.25. The summed E-state index contributed by atoms with van der Waals surface area (Å²) in [5, 5.41) is 12.2. The number of para-hydroxylation sites is 1. The number of carboxylic acids is 1. The van der Waals surface area contributed by atoms with Gasteiger partial charge in [0.25, 0.3) is 5.91 Å². The Kier molecular flexibility index (Phi) is 4.69. The van der Waals surface area contributed by atoms with Gasteiger partial charge in [-0.3, -0.25) is 4.79 Å². The van der Waals surface area contributed by atoms with Gasteiger partial charge in [0.1, 0.15) is 5.69 Å². The molecule has 110 valence electrons. The fourth-order valence-electron chi connectivity index (χ4n) is 1.93. The predicted octanol–water partition coefficient (Wildman–Crippen LogP) is 3.87. The van der Waals surface area contributed by atoms with E-state index in [2.05, 4.69) is 21.2 Å². The van der Waals surface area contributed by atoms with Crippen LogP contribution in [0.25, 0.3) is 0 Å². The van der Waals surface area contributed by atoms with Crippen LogP contribution in [0.1, 0.15) is 27.8 Å². The summed E-state index contributed by atoms with van der Waals surface area (Å²) in [6.45, 7) is 2.46. The number of hydrogen-bond donors (Lipinski definition) is 2. The van der Waals surface area contributed by atoms with E-state index in [1.54, 1.807) is 22.9 Å². The minimum absolute atomic E-state index is 0.0124. The highest BCUT2D eigenvalue weighted by atomic mass is 79.9. The Morgan fingerprint density at radius 2 is 2.14 bits per heavy atom. The molecule has 1 heterocycles. The summed E-state index contributed by atoms with van der Waals surface area (Å²) in [5.41, 5.74) is 0.600. The lowest BCUT2D eigenvalue weighted by molar-refractivity contribution is 0.0698. The van der Waals surface area contributed by atoms with Gasteiger partial charge in [0, 0.05) is 17.2 Å². The Morgan fingerprint density at radius 3 is 2.76 bits per heavy atom. The lowest BCUT2D eigenvalue weighted by Crippen LogP contribution is -2.18. The zero-order chi connectivity index (χ0) is 15.6. The van der Waals surface area contributed by atoms with Crippen LogP contribution in [0, 0.1) is 0 Å². The Morgan fingerprint density at radius 1 is 1.43 bits per heavy atom. The van der Waals surface area contributed by atoms with Crippen LogP contribution in [-0.2, 0) is 6.54 Å². The first-order valence-corrected chi connectivity index (χ1v) is 7.30. The smallest absolute Gasteiger partial charge is 0.337 e. The topological polar surface area (TPSA) is 71.3 Å².